The Hall–Kier alpha value is -3.15. The summed E-state index contributed by atoms with van der Waals surface area (Å²) in [6.07, 6.45) is 2.77. The Morgan fingerprint density at radius 1 is 1.04 bits per heavy atom. The van der Waals surface area contributed by atoms with Crippen LogP contribution >= 0.6 is 0 Å². The van der Waals surface area contributed by atoms with Crippen LogP contribution in [0.15, 0.2) is 48.8 Å². The van der Waals surface area contributed by atoms with Crippen molar-refractivity contribution >= 4 is 16.7 Å². The van der Waals surface area contributed by atoms with Gasteiger partial charge in [-0.25, -0.2) is 9.97 Å². The summed E-state index contributed by atoms with van der Waals surface area (Å²) in [7, 11) is 1.53. The topological polar surface area (TPSA) is 87.3 Å². The highest BCUT2D eigenvalue weighted by molar-refractivity contribution is 5.88. The quantitative estimate of drug-likeness (QED) is 0.779. The number of aromatic nitrogens is 2. The molecule has 0 saturated heterocycles. The molecule has 24 heavy (non-hydrogen) atoms. The van der Waals surface area contributed by atoms with Crippen LogP contribution in [0.25, 0.3) is 21.9 Å². The second-order valence-electron chi connectivity index (χ2n) is 5.34. The summed E-state index contributed by atoms with van der Waals surface area (Å²) in [6.45, 7) is 1.62. The van der Waals surface area contributed by atoms with Gasteiger partial charge in [0.15, 0.2) is 6.10 Å². The van der Waals surface area contributed by atoms with Gasteiger partial charge in [-0.3, -0.25) is 4.79 Å². The van der Waals surface area contributed by atoms with Crippen LogP contribution in [0.4, 0.5) is 0 Å². The molecule has 122 valence electrons. The molecule has 3 rings (SSSR count). The van der Waals surface area contributed by atoms with Crippen molar-refractivity contribution in [2.75, 3.05) is 7.11 Å². The smallest absolute Gasteiger partial charge is 0.316 e. The lowest BCUT2D eigenvalue weighted by Crippen LogP contribution is -2.30. The lowest BCUT2D eigenvalue weighted by Gasteiger charge is -2.12. The molecule has 1 atom stereocenters. The fourth-order valence-corrected chi connectivity index (χ4v) is 2.31. The number of carbonyl (C=O) groups excluding carboxylic acids is 1. The SMILES string of the molecule is COc1ncc(-c2ccc3cc(OC(C)C(N)=O)ccc3c2)cn1. The predicted octanol–water partition coefficient (Wildman–Crippen LogP) is 2.56. The maximum Gasteiger partial charge on any atom is 0.316 e. The molecule has 0 spiro atoms. The average molecular weight is 323 g/mol. The fraction of sp³-hybridized carbons (Fsp3) is 0.167. The third-order valence-electron chi connectivity index (χ3n) is 3.67. The van der Waals surface area contributed by atoms with Gasteiger partial charge in [0, 0.05) is 18.0 Å². The molecular formula is C18H17N3O3. The van der Waals surface area contributed by atoms with E-state index < -0.39 is 12.0 Å². The second-order valence-corrected chi connectivity index (χ2v) is 5.34. The van der Waals surface area contributed by atoms with Crippen LogP contribution in [0.3, 0.4) is 0 Å². The summed E-state index contributed by atoms with van der Waals surface area (Å²) >= 11 is 0. The normalized spacial score (nSPS) is 11.9. The lowest BCUT2D eigenvalue weighted by molar-refractivity contribution is -0.123. The number of hydrogen-bond donors (Lipinski definition) is 1. The molecule has 3 aromatic rings. The first-order chi connectivity index (χ1) is 11.6. The van der Waals surface area contributed by atoms with Gasteiger partial charge in [0.25, 0.3) is 5.91 Å². The molecule has 0 radical (unpaired) electrons. The van der Waals surface area contributed by atoms with Crippen molar-refractivity contribution in [1.29, 1.82) is 0 Å². The Bertz CT molecular complexity index is 878. The Kier molecular flexibility index (Phi) is 4.29. The monoisotopic (exact) mass is 323 g/mol. The van der Waals surface area contributed by atoms with Crippen LogP contribution in [0.1, 0.15) is 6.92 Å². The Labute approximate surface area is 139 Å². The van der Waals surface area contributed by atoms with Gasteiger partial charge in [0.2, 0.25) is 0 Å². The average Bonchev–Trinajstić information content (AvgIpc) is 2.61. The minimum atomic E-state index is -0.668. The summed E-state index contributed by atoms with van der Waals surface area (Å²) in [4.78, 5) is 19.3. The maximum atomic E-state index is 11.1. The third-order valence-corrected chi connectivity index (χ3v) is 3.67. The summed E-state index contributed by atoms with van der Waals surface area (Å²) in [5.41, 5.74) is 7.12. The van der Waals surface area contributed by atoms with Crippen molar-refractivity contribution in [1.82, 2.24) is 9.97 Å². The molecule has 0 aliphatic rings. The summed E-state index contributed by atoms with van der Waals surface area (Å²) in [5, 5.41) is 2.05. The van der Waals surface area contributed by atoms with Crippen molar-refractivity contribution in [2.24, 2.45) is 5.73 Å². The number of methoxy groups -OCH3 is 1. The van der Waals surface area contributed by atoms with E-state index in [9.17, 15) is 4.79 Å². The summed E-state index contributed by atoms with van der Waals surface area (Å²) in [6, 6.07) is 12.0. The molecule has 0 aliphatic carbocycles. The number of rotatable bonds is 5. The minimum Gasteiger partial charge on any atom is -0.481 e. The van der Waals surface area contributed by atoms with E-state index in [0.29, 0.717) is 11.8 Å². The number of primary amides is 1. The van der Waals surface area contributed by atoms with Gasteiger partial charge in [0.1, 0.15) is 5.75 Å². The number of ether oxygens (including phenoxy) is 2. The van der Waals surface area contributed by atoms with Gasteiger partial charge in [-0.15, -0.1) is 0 Å². The zero-order valence-corrected chi connectivity index (χ0v) is 13.4. The maximum absolute atomic E-state index is 11.1. The molecule has 0 aliphatic heterocycles. The highest BCUT2D eigenvalue weighted by atomic mass is 16.5. The van der Waals surface area contributed by atoms with Gasteiger partial charge in [0.05, 0.1) is 7.11 Å². The molecule has 1 unspecified atom stereocenters. The number of hydrogen-bond acceptors (Lipinski definition) is 5. The molecule has 0 saturated carbocycles. The van der Waals surface area contributed by atoms with E-state index in [0.717, 1.165) is 21.9 Å². The number of benzene rings is 2. The van der Waals surface area contributed by atoms with Crippen molar-refractivity contribution in [2.45, 2.75) is 13.0 Å². The van der Waals surface area contributed by atoms with E-state index in [4.69, 9.17) is 15.2 Å². The van der Waals surface area contributed by atoms with Crippen molar-refractivity contribution in [3.8, 4) is 22.9 Å². The van der Waals surface area contributed by atoms with Crippen LogP contribution in [0, 0.1) is 0 Å². The van der Waals surface area contributed by atoms with Crippen LogP contribution in [-0.4, -0.2) is 29.1 Å². The fourth-order valence-electron chi connectivity index (χ4n) is 2.31. The van der Waals surface area contributed by atoms with E-state index in [2.05, 4.69) is 9.97 Å². The van der Waals surface area contributed by atoms with E-state index in [1.54, 1.807) is 19.3 Å². The van der Waals surface area contributed by atoms with Crippen molar-refractivity contribution in [3.05, 3.63) is 48.8 Å². The Morgan fingerprint density at radius 3 is 2.38 bits per heavy atom. The number of nitrogens with two attached hydrogens (primary N) is 1. The molecular weight excluding hydrogens is 306 g/mol. The van der Waals surface area contributed by atoms with Crippen molar-refractivity contribution < 1.29 is 14.3 Å². The molecule has 0 bridgehead atoms. The molecule has 2 aromatic carbocycles. The van der Waals surface area contributed by atoms with E-state index in [-0.39, 0.29) is 0 Å². The van der Waals surface area contributed by atoms with E-state index in [1.165, 1.54) is 7.11 Å². The first kappa shape index (κ1) is 15.7. The first-order valence-electron chi connectivity index (χ1n) is 7.43. The zero-order chi connectivity index (χ0) is 17.1. The Balaban J connectivity index is 1.90. The largest absolute Gasteiger partial charge is 0.481 e. The van der Waals surface area contributed by atoms with Gasteiger partial charge >= 0.3 is 6.01 Å². The van der Waals surface area contributed by atoms with Crippen LogP contribution in [0.2, 0.25) is 0 Å². The lowest BCUT2D eigenvalue weighted by atomic mass is 10.0. The highest BCUT2D eigenvalue weighted by Crippen LogP contribution is 2.27. The number of fused-ring (bicyclic) bond motifs is 1. The summed E-state index contributed by atoms with van der Waals surface area (Å²) in [5.74, 6) is 0.110. The minimum absolute atomic E-state index is 0.338. The third kappa shape index (κ3) is 3.27. The standard InChI is InChI=1S/C18H17N3O3/c1-11(17(19)22)24-16-6-5-12-7-13(3-4-14(12)8-16)15-9-20-18(23-2)21-10-15/h3-11H,1-2H3,(H2,19,22). The molecule has 6 nitrogen and oxygen atoms in total. The van der Waals surface area contributed by atoms with Crippen LogP contribution in [0.5, 0.6) is 11.8 Å². The molecule has 1 aromatic heterocycles. The Morgan fingerprint density at radius 2 is 1.71 bits per heavy atom. The van der Waals surface area contributed by atoms with E-state index >= 15 is 0 Å². The van der Waals surface area contributed by atoms with Gasteiger partial charge < -0.3 is 15.2 Å². The van der Waals surface area contributed by atoms with Gasteiger partial charge in [-0.2, -0.15) is 0 Å². The predicted molar refractivity (Wildman–Crippen MR) is 90.8 cm³/mol. The van der Waals surface area contributed by atoms with Gasteiger partial charge in [-0.05, 0) is 41.5 Å². The molecule has 2 N–H and O–H groups in total. The van der Waals surface area contributed by atoms with Gasteiger partial charge in [-0.1, -0.05) is 18.2 Å². The van der Waals surface area contributed by atoms with Crippen LogP contribution < -0.4 is 15.2 Å². The first-order valence-corrected chi connectivity index (χ1v) is 7.43. The highest BCUT2D eigenvalue weighted by Gasteiger charge is 2.10. The van der Waals surface area contributed by atoms with E-state index in [1.807, 2.05) is 36.4 Å². The number of nitrogens with zero attached hydrogens (tertiary/aromatic N) is 2. The number of amides is 1. The van der Waals surface area contributed by atoms with Crippen LogP contribution in [-0.2, 0) is 4.79 Å². The summed E-state index contributed by atoms with van der Waals surface area (Å²) < 4.78 is 10.5. The molecule has 6 heteroatoms. The molecule has 1 heterocycles. The zero-order valence-electron chi connectivity index (χ0n) is 13.4. The molecule has 1 amide bonds. The molecule has 0 fully saturated rings. The second kappa shape index (κ2) is 6.54. The number of carbonyl (C=O) groups is 1. The van der Waals surface area contributed by atoms with Crippen molar-refractivity contribution in [3.63, 3.8) is 0 Å².